The summed E-state index contributed by atoms with van der Waals surface area (Å²) in [5.41, 5.74) is 1.55. The number of hydrogen-bond donors (Lipinski definition) is 0. The molecule has 0 N–H and O–H groups in total. The van der Waals surface area contributed by atoms with Crippen LogP contribution < -0.4 is 19.6 Å². The molecule has 0 bridgehead atoms. The zero-order valence-corrected chi connectivity index (χ0v) is 18.7. The van der Waals surface area contributed by atoms with Crippen LogP contribution in [0.15, 0.2) is 99.2 Å². The van der Waals surface area contributed by atoms with Gasteiger partial charge in [0.2, 0.25) is 0 Å². The van der Waals surface area contributed by atoms with E-state index in [9.17, 15) is 9.59 Å². The number of aromatic nitrogens is 1. The first-order valence-electron chi connectivity index (χ1n) is 10.00. The van der Waals surface area contributed by atoms with Crippen molar-refractivity contribution in [3.05, 3.63) is 120 Å². The number of ether oxygens (including phenoxy) is 1. The molecule has 1 aliphatic rings. The molecule has 0 aliphatic carbocycles. The van der Waals surface area contributed by atoms with Crippen LogP contribution >= 0.6 is 22.7 Å². The average Bonchev–Trinajstić information content (AvgIpc) is 3.42. The van der Waals surface area contributed by atoms with Gasteiger partial charge in [-0.1, -0.05) is 65.9 Å². The van der Waals surface area contributed by atoms with Crippen molar-refractivity contribution in [2.75, 3.05) is 0 Å². The Hall–Kier alpha value is -3.55. The van der Waals surface area contributed by atoms with Crippen LogP contribution in [0.4, 0.5) is 0 Å². The van der Waals surface area contributed by atoms with Crippen LogP contribution in [0.3, 0.4) is 0 Å². The average molecular weight is 459 g/mol. The van der Waals surface area contributed by atoms with Gasteiger partial charge in [-0.05, 0) is 42.1 Å². The highest BCUT2D eigenvalue weighted by molar-refractivity contribution is 7.11. The van der Waals surface area contributed by atoms with E-state index in [4.69, 9.17) is 4.74 Å². The molecular weight excluding hydrogens is 440 g/mol. The Morgan fingerprint density at radius 1 is 1.03 bits per heavy atom. The van der Waals surface area contributed by atoms with Gasteiger partial charge in [-0.25, -0.2) is 9.79 Å². The first-order valence-corrected chi connectivity index (χ1v) is 11.7. The summed E-state index contributed by atoms with van der Waals surface area (Å²) in [6.45, 7) is 1.79. The number of thiazole rings is 1. The van der Waals surface area contributed by atoms with E-state index in [1.807, 2.05) is 60.0 Å². The smallest absolute Gasteiger partial charge is 0.343 e. The van der Waals surface area contributed by atoms with E-state index < -0.39 is 12.0 Å². The summed E-state index contributed by atoms with van der Waals surface area (Å²) in [5, 5.41) is 1.97. The van der Waals surface area contributed by atoms with E-state index >= 15 is 0 Å². The van der Waals surface area contributed by atoms with Crippen LogP contribution in [-0.2, 0) is 4.79 Å². The molecule has 0 amide bonds. The van der Waals surface area contributed by atoms with Gasteiger partial charge in [0, 0.05) is 4.88 Å². The molecule has 2 aromatic heterocycles. The number of thiophene rings is 1. The maximum Gasteiger partial charge on any atom is 0.343 e. The number of carbonyl (C=O) groups excluding carboxylic acids is 1. The number of carbonyl (C=O) groups is 1. The van der Waals surface area contributed by atoms with Gasteiger partial charge in [0.1, 0.15) is 5.75 Å². The Morgan fingerprint density at radius 3 is 2.44 bits per heavy atom. The third kappa shape index (κ3) is 3.77. The van der Waals surface area contributed by atoms with Gasteiger partial charge in [-0.3, -0.25) is 9.36 Å². The summed E-state index contributed by atoms with van der Waals surface area (Å²) in [6.07, 6.45) is 1.87. The first kappa shape index (κ1) is 20.4. The Kier molecular flexibility index (Phi) is 5.43. The van der Waals surface area contributed by atoms with E-state index in [1.165, 1.54) is 11.3 Å². The summed E-state index contributed by atoms with van der Waals surface area (Å²) < 4.78 is 7.83. The zero-order chi connectivity index (χ0) is 22.1. The molecule has 0 spiro atoms. The number of esters is 1. The van der Waals surface area contributed by atoms with Crippen molar-refractivity contribution in [1.29, 1.82) is 0 Å². The fourth-order valence-corrected chi connectivity index (χ4v) is 5.46. The molecule has 158 valence electrons. The van der Waals surface area contributed by atoms with E-state index in [0.717, 1.165) is 10.4 Å². The Balaban J connectivity index is 1.68. The predicted molar refractivity (Wildman–Crippen MR) is 127 cm³/mol. The fourth-order valence-electron chi connectivity index (χ4n) is 3.69. The summed E-state index contributed by atoms with van der Waals surface area (Å²) >= 11 is 2.89. The van der Waals surface area contributed by atoms with E-state index in [1.54, 1.807) is 47.1 Å². The minimum atomic E-state index is -0.617. The summed E-state index contributed by atoms with van der Waals surface area (Å²) in [6, 6.07) is 21.7. The summed E-state index contributed by atoms with van der Waals surface area (Å²) in [4.78, 5) is 32.9. The number of allylic oxidation sites excluding steroid dienone is 1. The van der Waals surface area contributed by atoms with Crippen molar-refractivity contribution in [2.45, 2.75) is 13.0 Å². The lowest BCUT2D eigenvalue weighted by atomic mass is 9.96. The SMILES string of the molecule is CC1=C(C(=O)Oc2ccccc2)C(c2ccccc2)n2c(sc(=Cc3cccs3)c2=O)=N1. The largest absolute Gasteiger partial charge is 0.423 e. The summed E-state index contributed by atoms with van der Waals surface area (Å²) in [5.74, 6) is -0.0707. The molecule has 5 rings (SSSR count). The molecule has 1 atom stereocenters. The number of fused-ring (bicyclic) bond motifs is 1. The van der Waals surface area contributed by atoms with Crippen LogP contribution in [0.25, 0.3) is 6.08 Å². The van der Waals surface area contributed by atoms with Gasteiger partial charge >= 0.3 is 5.97 Å². The highest BCUT2D eigenvalue weighted by Crippen LogP contribution is 2.31. The fraction of sp³-hybridized carbons (Fsp3) is 0.0800. The van der Waals surface area contributed by atoms with E-state index in [2.05, 4.69) is 4.99 Å². The van der Waals surface area contributed by atoms with Crippen LogP contribution in [-0.4, -0.2) is 10.5 Å². The second-order valence-corrected chi connectivity index (χ2v) is 9.20. The molecule has 0 fully saturated rings. The zero-order valence-electron chi connectivity index (χ0n) is 17.1. The van der Waals surface area contributed by atoms with Gasteiger partial charge in [-0.15, -0.1) is 11.3 Å². The van der Waals surface area contributed by atoms with Gasteiger partial charge in [-0.2, -0.15) is 0 Å². The first-order chi connectivity index (χ1) is 15.6. The molecule has 5 nitrogen and oxygen atoms in total. The van der Waals surface area contributed by atoms with Crippen molar-refractivity contribution < 1.29 is 9.53 Å². The second-order valence-electron chi connectivity index (χ2n) is 7.21. The molecule has 0 saturated heterocycles. The molecule has 1 unspecified atom stereocenters. The molecule has 7 heteroatoms. The van der Waals surface area contributed by atoms with Crippen LogP contribution in [0.1, 0.15) is 23.4 Å². The number of nitrogens with zero attached hydrogens (tertiary/aromatic N) is 2. The van der Waals surface area contributed by atoms with Crippen molar-refractivity contribution >= 4 is 34.7 Å². The molecular formula is C25H18N2O3S2. The standard InChI is InChI=1S/C25H18N2O3S2/c1-16-21(24(29)30-18-11-6-3-7-12-18)22(17-9-4-2-5-10-17)27-23(28)20(32-25(27)26-16)15-19-13-8-14-31-19/h2-15,22H,1H3. The normalized spacial score (nSPS) is 15.9. The number of rotatable bonds is 4. The Labute approximate surface area is 191 Å². The van der Waals surface area contributed by atoms with Crippen molar-refractivity contribution in [3.63, 3.8) is 0 Å². The highest BCUT2D eigenvalue weighted by atomic mass is 32.1. The van der Waals surface area contributed by atoms with Crippen molar-refractivity contribution in [1.82, 2.24) is 4.57 Å². The number of para-hydroxylation sites is 1. The molecule has 2 aromatic carbocycles. The van der Waals surface area contributed by atoms with Crippen molar-refractivity contribution in [3.8, 4) is 5.75 Å². The van der Waals surface area contributed by atoms with Crippen LogP contribution in [0.2, 0.25) is 0 Å². The topological polar surface area (TPSA) is 60.7 Å². The van der Waals surface area contributed by atoms with Crippen LogP contribution in [0, 0.1) is 0 Å². The second kappa shape index (κ2) is 8.53. The highest BCUT2D eigenvalue weighted by Gasteiger charge is 2.33. The van der Waals surface area contributed by atoms with E-state index in [-0.39, 0.29) is 5.56 Å². The molecule has 0 radical (unpaired) electrons. The number of hydrogen-bond acceptors (Lipinski definition) is 6. The predicted octanol–water partition coefficient (Wildman–Crippen LogP) is 3.90. The third-order valence-electron chi connectivity index (χ3n) is 5.13. The Morgan fingerprint density at radius 2 is 1.75 bits per heavy atom. The van der Waals surface area contributed by atoms with Gasteiger partial charge in [0.25, 0.3) is 5.56 Å². The molecule has 0 saturated carbocycles. The van der Waals surface area contributed by atoms with Gasteiger partial charge in [0.05, 0.1) is 21.8 Å². The molecule has 1 aliphatic heterocycles. The monoisotopic (exact) mass is 458 g/mol. The minimum Gasteiger partial charge on any atom is -0.423 e. The lowest BCUT2D eigenvalue weighted by Gasteiger charge is -2.24. The van der Waals surface area contributed by atoms with Gasteiger partial charge < -0.3 is 4.74 Å². The lowest BCUT2D eigenvalue weighted by molar-refractivity contribution is -0.130. The maximum atomic E-state index is 13.5. The molecule has 4 aromatic rings. The number of benzene rings is 2. The minimum absolute atomic E-state index is 0.173. The van der Waals surface area contributed by atoms with Gasteiger partial charge in [0.15, 0.2) is 4.80 Å². The van der Waals surface area contributed by atoms with E-state index in [0.29, 0.717) is 26.4 Å². The molecule has 3 heterocycles. The van der Waals surface area contributed by atoms with Crippen molar-refractivity contribution in [2.24, 2.45) is 4.99 Å². The third-order valence-corrected chi connectivity index (χ3v) is 6.93. The quantitative estimate of drug-likeness (QED) is 0.344. The molecule has 32 heavy (non-hydrogen) atoms. The Bertz CT molecular complexity index is 1480. The lowest BCUT2D eigenvalue weighted by Crippen LogP contribution is -2.40. The van der Waals surface area contributed by atoms with Crippen LogP contribution in [0.5, 0.6) is 5.75 Å². The summed E-state index contributed by atoms with van der Waals surface area (Å²) in [7, 11) is 0. The maximum absolute atomic E-state index is 13.5.